The Balaban J connectivity index is 1.70. The Hall–Kier alpha value is -2.16. The zero-order chi connectivity index (χ0) is 18.3. The molecule has 6 nitrogen and oxygen atoms in total. The number of H-pyrrole nitrogens is 1. The highest BCUT2D eigenvalue weighted by Crippen LogP contribution is 2.23. The van der Waals surface area contributed by atoms with Crippen LogP contribution in [0.3, 0.4) is 0 Å². The summed E-state index contributed by atoms with van der Waals surface area (Å²) >= 11 is 8.70. The van der Waals surface area contributed by atoms with Crippen LogP contribution in [0.1, 0.15) is 12.7 Å². The molecule has 0 aliphatic carbocycles. The number of rotatable bonds is 4. The van der Waals surface area contributed by atoms with Crippen molar-refractivity contribution >= 4 is 55.8 Å². The lowest BCUT2D eigenvalue weighted by Crippen LogP contribution is -2.21. The maximum Gasteiger partial charge on any atom is 0.272 e. The minimum Gasteiger partial charge on any atom is -0.309 e. The lowest BCUT2D eigenvalue weighted by molar-refractivity contribution is 0.635. The number of hydrogen-bond donors (Lipinski definition) is 1. The molecule has 4 rings (SSSR count). The van der Waals surface area contributed by atoms with E-state index in [1.807, 2.05) is 18.4 Å². The molecule has 9 heteroatoms. The molecule has 0 fully saturated rings. The Morgan fingerprint density at radius 3 is 2.88 bits per heavy atom. The van der Waals surface area contributed by atoms with Crippen LogP contribution in [-0.4, -0.2) is 19.5 Å². The molecule has 1 aromatic carbocycles. The van der Waals surface area contributed by atoms with Gasteiger partial charge < -0.3 is 4.98 Å². The summed E-state index contributed by atoms with van der Waals surface area (Å²) in [4.78, 5) is 36.6. The number of fused-ring (bicyclic) bond motifs is 2. The summed E-state index contributed by atoms with van der Waals surface area (Å²) in [5.74, 6) is 0.924. The molecule has 1 N–H and O–H groups in total. The maximum atomic E-state index is 12.5. The standard InChI is InChI=1S/C17H13ClN4O2S2/c1-2-22-16(24)14-12(5-6-25-14)20-17(22)26-8-13-19-11-4-3-9(18)7-10(11)15(23)21-13/h3-7H,2,8H2,1H3,(H,19,21,23). The van der Waals surface area contributed by atoms with Gasteiger partial charge in [-0.1, -0.05) is 23.4 Å². The molecule has 26 heavy (non-hydrogen) atoms. The van der Waals surface area contributed by atoms with Gasteiger partial charge in [0.25, 0.3) is 11.1 Å². The van der Waals surface area contributed by atoms with Crippen LogP contribution in [0.15, 0.2) is 44.4 Å². The molecule has 0 atom stereocenters. The van der Waals surface area contributed by atoms with Crippen LogP contribution in [-0.2, 0) is 12.3 Å². The molecule has 0 aliphatic heterocycles. The first-order valence-corrected chi connectivity index (χ1v) is 10.1. The van der Waals surface area contributed by atoms with E-state index in [-0.39, 0.29) is 11.1 Å². The largest absolute Gasteiger partial charge is 0.309 e. The van der Waals surface area contributed by atoms with Gasteiger partial charge in [-0.25, -0.2) is 9.97 Å². The summed E-state index contributed by atoms with van der Waals surface area (Å²) in [7, 11) is 0. The molecule has 0 saturated carbocycles. The van der Waals surface area contributed by atoms with Gasteiger partial charge in [0.2, 0.25) is 0 Å². The van der Waals surface area contributed by atoms with Crippen LogP contribution in [0.5, 0.6) is 0 Å². The summed E-state index contributed by atoms with van der Waals surface area (Å²) in [6.07, 6.45) is 0. The summed E-state index contributed by atoms with van der Waals surface area (Å²) in [6, 6.07) is 6.86. The molecule has 3 heterocycles. The summed E-state index contributed by atoms with van der Waals surface area (Å²) in [5.41, 5.74) is 1.01. The average Bonchev–Trinajstić information content (AvgIpc) is 3.09. The quantitative estimate of drug-likeness (QED) is 0.414. The topological polar surface area (TPSA) is 80.6 Å². The van der Waals surface area contributed by atoms with Crippen molar-refractivity contribution in [3.63, 3.8) is 0 Å². The van der Waals surface area contributed by atoms with Gasteiger partial charge in [-0.3, -0.25) is 14.2 Å². The van der Waals surface area contributed by atoms with E-state index in [0.29, 0.717) is 49.4 Å². The molecule has 0 saturated heterocycles. The van der Waals surface area contributed by atoms with E-state index in [1.165, 1.54) is 23.1 Å². The van der Waals surface area contributed by atoms with E-state index < -0.39 is 0 Å². The Morgan fingerprint density at radius 2 is 2.08 bits per heavy atom. The predicted molar refractivity (Wildman–Crippen MR) is 106 cm³/mol. The number of thiophene rings is 1. The Labute approximate surface area is 160 Å². The first-order chi connectivity index (χ1) is 12.6. The smallest absolute Gasteiger partial charge is 0.272 e. The van der Waals surface area contributed by atoms with Crippen LogP contribution < -0.4 is 11.1 Å². The van der Waals surface area contributed by atoms with Crippen molar-refractivity contribution in [3.8, 4) is 0 Å². The van der Waals surface area contributed by atoms with E-state index >= 15 is 0 Å². The second-order valence-corrected chi connectivity index (χ2v) is 7.84. The van der Waals surface area contributed by atoms with Crippen molar-refractivity contribution in [2.45, 2.75) is 24.4 Å². The lowest BCUT2D eigenvalue weighted by Gasteiger charge is -2.09. The fourth-order valence-corrected chi connectivity index (χ4v) is 4.56. The van der Waals surface area contributed by atoms with Crippen LogP contribution in [0, 0.1) is 0 Å². The predicted octanol–water partition coefficient (Wildman–Crippen LogP) is 3.66. The maximum absolute atomic E-state index is 12.5. The third kappa shape index (κ3) is 3.04. The van der Waals surface area contributed by atoms with E-state index in [4.69, 9.17) is 11.6 Å². The zero-order valence-electron chi connectivity index (χ0n) is 13.7. The van der Waals surface area contributed by atoms with Crippen LogP contribution in [0.25, 0.3) is 21.1 Å². The fourth-order valence-electron chi connectivity index (χ4n) is 2.67. The van der Waals surface area contributed by atoms with Crippen molar-refractivity contribution in [2.24, 2.45) is 0 Å². The molecule has 3 aromatic heterocycles. The summed E-state index contributed by atoms with van der Waals surface area (Å²) < 4.78 is 2.30. The van der Waals surface area contributed by atoms with E-state index in [2.05, 4.69) is 15.0 Å². The molecule has 0 aliphatic rings. The number of benzene rings is 1. The first kappa shape index (κ1) is 17.3. The highest BCUT2D eigenvalue weighted by atomic mass is 35.5. The van der Waals surface area contributed by atoms with Crippen molar-refractivity contribution in [2.75, 3.05) is 0 Å². The van der Waals surface area contributed by atoms with Gasteiger partial charge in [0.05, 0.1) is 22.2 Å². The highest BCUT2D eigenvalue weighted by molar-refractivity contribution is 7.98. The van der Waals surface area contributed by atoms with E-state index in [0.717, 1.165) is 0 Å². The number of thioether (sulfide) groups is 1. The van der Waals surface area contributed by atoms with Gasteiger partial charge in [-0.2, -0.15) is 0 Å². The van der Waals surface area contributed by atoms with Crippen molar-refractivity contribution < 1.29 is 0 Å². The van der Waals surface area contributed by atoms with E-state index in [1.54, 1.807) is 22.8 Å². The molecule has 0 spiro atoms. The normalized spacial score (nSPS) is 11.5. The van der Waals surface area contributed by atoms with Crippen LogP contribution in [0.2, 0.25) is 5.02 Å². The van der Waals surface area contributed by atoms with Gasteiger partial charge in [0.15, 0.2) is 5.16 Å². The number of nitrogens with zero attached hydrogens (tertiary/aromatic N) is 3. The average molecular weight is 405 g/mol. The number of nitrogens with one attached hydrogen (secondary N) is 1. The monoisotopic (exact) mass is 404 g/mol. The SMILES string of the molecule is CCn1c(SCc2nc3ccc(Cl)cc3c(=O)[nH]2)nc2ccsc2c1=O. The second-order valence-electron chi connectivity index (χ2n) is 5.54. The van der Waals surface area contributed by atoms with Crippen molar-refractivity contribution in [3.05, 3.63) is 61.2 Å². The van der Waals surface area contributed by atoms with Gasteiger partial charge in [-0.15, -0.1) is 11.3 Å². The fraction of sp³-hybridized carbons (Fsp3) is 0.176. The summed E-state index contributed by atoms with van der Waals surface area (Å²) in [5, 5.41) is 3.42. The zero-order valence-corrected chi connectivity index (χ0v) is 16.0. The Kier molecular flexibility index (Phi) is 4.56. The summed E-state index contributed by atoms with van der Waals surface area (Å²) in [6.45, 7) is 2.44. The Morgan fingerprint density at radius 1 is 1.23 bits per heavy atom. The lowest BCUT2D eigenvalue weighted by atomic mass is 10.2. The van der Waals surface area contributed by atoms with Crippen LogP contribution in [0.4, 0.5) is 0 Å². The molecule has 0 amide bonds. The van der Waals surface area contributed by atoms with Gasteiger partial charge in [-0.05, 0) is 36.6 Å². The number of hydrogen-bond acceptors (Lipinski definition) is 6. The minimum atomic E-state index is -0.234. The van der Waals surface area contributed by atoms with Gasteiger partial charge in [0.1, 0.15) is 10.5 Å². The van der Waals surface area contributed by atoms with Crippen molar-refractivity contribution in [1.29, 1.82) is 0 Å². The molecular formula is C17H13ClN4O2S2. The number of aromatic nitrogens is 4. The third-order valence-corrected chi connectivity index (χ3v) is 6.02. The molecular weight excluding hydrogens is 392 g/mol. The van der Waals surface area contributed by atoms with Gasteiger partial charge in [0, 0.05) is 11.6 Å². The van der Waals surface area contributed by atoms with Crippen molar-refractivity contribution in [1.82, 2.24) is 19.5 Å². The molecule has 0 radical (unpaired) electrons. The number of halogens is 1. The molecule has 0 bridgehead atoms. The number of aromatic amines is 1. The highest BCUT2D eigenvalue weighted by Gasteiger charge is 2.13. The molecule has 132 valence electrons. The molecule has 4 aromatic rings. The first-order valence-electron chi connectivity index (χ1n) is 7.86. The molecule has 0 unspecified atom stereocenters. The minimum absolute atomic E-state index is 0.0374. The van der Waals surface area contributed by atoms with Crippen LogP contribution >= 0.6 is 34.7 Å². The van der Waals surface area contributed by atoms with E-state index in [9.17, 15) is 9.59 Å². The van der Waals surface area contributed by atoms with Gasteiger partial charge >= 0.3 is 0 Å². The Bertz CT molecular complexity index is 1250. The third-order valence-electron chi connectivity index (χ3n) is 3.90. The second kappa shape index (κ2) is 6.86.